The van der Waals surface area contributed by atoms with Crippen LogP contribution in [0.5, 0.6) is 0 Å². The van der Waals surface area contributed by atoms with E-state index in [2.05, 4.69) is 35.7 Å². The Balaban J connectivity index is -0.000000000861. The summed E-state index contributed by atoms with van der Waals surface area (Å²) in [5.41, 5.74) is 0. The lowest BCUT2D eigenvalue weighted by Gasteiger charge is -1.51. The smallest absolute Gasteiger partial charge is 0.0683 e. The zero-order valence-electron chi connectivity index (χ0n) is 5.52. The van der Waals surface area contributed by atoms with Gasteiger partial charge in [0.15, 0.2) is 0 Å². The maximum Gasteiger partial charge on any atom is -0.0683 e. The van der Waals surface area contributed by atoms with Gasteiger partial charge in [0.25, 0.3) is 0 Å². The molecule has 0 fully saturated rings. The van der Waals surface area contributed by atoms with E-state index in [4.69, 9.17) is 0 Å². The van der Waals surface area contributed by atoms with Crippen molar-refractivity contribution >= 4 is 53.6 Å². The summed E-state index contributed by atoms with van der Waals surface area (Å²) in [4.78, 5) is 0. The van der Waals surface area contributed by atoms with E-state index in [1.165, 1.54) is 0 Å². The minimum absolute atomic E-state index is 0. The van der Waals surface area contributed by atoms with Crippen molar-refractivity contribution in [1.29, 1.82) is 0 Å². The van der Waals surface area contributed by atoms with Crippen LogP contribution in [-0.4, -0.2) is 0 Å². The molecule has 0 heterocycles. The second-order valence-electron chi connectivity index (χ2n) is 0.167. The molecule has 0 saturated heterocycles. The van der Waals surface area contributed by atoms with Crippen molar-refractivity contribution in [2.24, 2.45) is 0 Å². The Labute approximate surface area is 141 Å². The molecule has 6 heteroatoms. The van der Waals surface area contributed by atoms with E-state index >= 15 is 0 Å². The van der Waals surface area contributed by atoms with Gasteiger partial charge in [-0.3, -0.25) is 0 Å². The minimum atomic E-state index is 0. The molecule has 0 aromatic heterocycles. The number of hydrogen-bond donors (Lipinski definition) is 0. The van der Waals surface area contributed by atoms with Gasteiger partial charge in [-0.25, -0.2) is 0 Å². The van der Waals surface area contributed by atoms with E-state index in [1.54, 1.807) is 0 Å². The summed E-state index contributed by atoms with van der Waals surface area (Å²) in [5.74, 6) is 0. The van der Waals surface area contributed by atoms with E-state index in [-0.39, 0.29) is 84.2 Å². The van der Waals surface area contributed by atoms with Gasteiger partial charge >= 0.3 is 0 Å². The molecule has 0 saturated carbocycles. The molecule has 0 aliphatic heterocycles. The molecular weight excluding hydrogens is 330 g/mol. The average Bonchev–Trinajstić information content (AvgIpc) is 1.78. The van der Waals surface area contributed by atoms with E-state index in [0.717, 1.165) is 7.96 Å². The molecular formula is C12H58P6. The lowest BCUT2D eigenvalue weighted by molar-refractivity contribution is 1.50. The van der Waals surface area contributed by atoms with Gasteiger partial charge in [-0.05, 0) is 0 Å². The first-order valence-corrected chi connectivity index (χ1v) is 9.20. The van der Waals surface area contributed by atoms with Gasteiger partial charge in [0.1, 0.15) is 0 Å². The largest absolute Gasteiger partial charge is 0.153 e. The Morgan fingerprint density at radius 1 is 0.500 bits per heavy atom. The van der Waals surface area contributed by atoms with E-state index < -0.39 is 0 Å². The van der Waals surface area contributed by atoms with Crippen molar-refractivity contribution in [2.45, 2.75) is 88.1 Å². The molecule has 0 spiro atoms. The molecule has 0 aromatic rings. The van der Waals surface area contributed by atoms with Crippen LogP contribution in [0.4, 0.5) is 0 Å². The lowest BCUT2D eigenvalue weighted by Crippen LogP contribution is -0.856. The van der Waals surface area contributed by atoms with Crippen LogP contribution in [0.3, 0.4) is 0 Å². The predicted octanol–water partition coefficient (Wildman–Crippen LogP) is 9.34. The van der Waals surface area contributed by atoms with Crippen LogP contribution in [0.25, 0.3) is 0 Å². The van der Waals surface area contributed by atoms with Gasteiger partial charge < -0.3 is 0 Å². The molecule has 18 heavy (non-hydrogen) atoms. The van der Waals surface area contributed by atoms with Crippen molar-refractivity contribution in [2.75, 3.05) is 0 Å². The highest BCUT2D eigenvalue weighted by Crippen LogP contribution is 2.28. The molecule has 5 unspecified atom stereocenters. The normalized spacial score (nSPS) is 1.67. The Bertz CT molecular complexity index is 16.5. The third kappa shape index (κ3) is 863. The summed E-state index contributed by atoms with van der Waals surface area (Å²) < 4.78 is 0. The summed E-state index contributed by atoms with van der Waals surface area (Å²) in [7, 11) is 10.7. The van der Waals surface area contributed by atoms with Crippen molar-refractivity contribution in [3.63, 3.8) is 0 Å². The third-order valence-electron chi connectivity index (χ3n) is 0. The first-order valence-electron chi connectivity index (χ1n) is 1.91. The molecule has 0 radical (unpaired) electrons. The molecule has 0 bridgehead atoms. The fourth-order valence-electron chi connectivity index (χ4n) is 0. The van der Waals surface area contributed by atoms with Crippen molar-refractivity contribution in [1.82, 2.24) is 0 Å². The Hall–Kier alpha value is 2.58. The molecule has 5 atom stereocenters. The van der Waals surface area contributed by atoms with Gasteiger partial charge in [0.2, 0.25) is 0 Å². The summed E-state index contributed by atoms with van der Waals surface area (Å²) in [6, 6.07) is 0. The van der Waals surface area contributed by atoms with E-state index in [1.807, 2.05) is 13.8 Å². The Kier molecular flexibility index (Phi) is 5340. The van der Waals surface area contributed by atoms with Crippen LogP contribution in [-0.2, 0) is 0 Å². The maximum absolute atomic E-state index is 2.57. The van der Waals surface area contributed by atoms with Crippen LogP contribution in [0.1, 0.15) is 88.1 Å². The Morgan fingerprint density at radius 2 is 0.500 bits per heavy atom. The summed E-state index contributed by atoms with van der Waals surface area (Å²) >= 11 is 0. The van der Waals surface area contributed by atoms with Crippen molar-refractivity contribution in [3.8, 4) is 0 Å². The average molecular weight is 388 g/mol. The molecule has 0 rings (SSSR count). The fraction of sp³-hybridized carbons (Fsp3) is 1.00. The highest BCUT2D eigenvalue weighted by molar-refractivity contribution is 8.33. The first kappa shape index (κ1) is 182. The van der Waals surface area contributed by atoms with Crippen LogP contribution < -0.4 is 0 Å². The molecule has 0 aliphatic rings. The third-order valence-corrected chi connectivity index (χ3v) is 0. The van der Waals surface area contributed by atoms with Gasteiger partial charge in [0.05, 0.1) is 0 Å². The monoisotopic (exact) mass is 388 g/mol. The van der Waals surface area contributed by atoms with E-state index in [9.17, 15) is 0 Å². The van der Waals surface area contributed by atoms with Gasteiger partial charge in [-0.2, -0.15) is 9.90 Å². The summed E-state index contributed by atoms with van der Waals surface area (Å²) in [6.07, 6.45) is 0. The second kappa shape index (κ2) is 527. The zero-order chi connectivity index (χ0) is 6.71. The van der Waals surface area contributed by atoms with Crippen molar-refractivity contribution in [3.05, 3.63) is 0 Å². The van der Waals surface area contributed by atoms with Gasteiger partial charge in [-0.15, -0.1) is 35.7 Å². The minimum Gasteiger partial charge on any atom is -0.153 e. The molecule has 0 N–H and O–H groups in total. The van der Waals surface area contributed by atoms with Crippen LogP contribution >= 0.6 is 53.6 Å². The fourth-order valence-corrected chi connectivity index (χ4v) is 0. The topological polar surface area (TPSA) is 0 Å². The quantitative estimate of drug-likeness (QED) is 0.363. The van der Waals surface area contributed by atoms with Crippen molar-refractivity contribution < 1.29 is 0 Å². The maximum atomic E-state index is 2.57. The number of rotatable bonds is 0. The van der Waals surface area contributed by atoms with E-state index in [0.29, 0.717) is 0 Å². The summed E-state index contributed by atoms with van der Waals surface area (Å²) in [5, 5.41) is 0. The zero-order valence-corrected chi connectivity index (χ0v) is 12.5. The number of hydrogen-bond acceptors (Lipinski definition) is 0. The van der Waals surface area contributed by atoms with Crippen LogP contribution in [0.2, 0.25) is 0 Å². The first-order chi connectivity index (χ1) is 3.41. The lowest BCUT2D eigenvalue weighted by atomic mass is 11.0. The van der Waals surface area contributed by atoms with Crippen LogP contribution in [0.15, 0.2) is 0 Å². The highest BCUT2D eigenvalue weighted by Gasteiger charge is 1.32. The standard InChI is InChI=1S/C2H6.10CH4.H5P3.H4P2.H3P/c1-2;;;;;;;;;;;1-3-2;1-2;/h1-2H3;10*1H4;3H,1-2H2;1-2H2;1H3. The van der Waals surface area contributed by atoms with Crippen LogP contribution in [0, 0.1) is 0 Å². The highest BCUT2D eigenvalue weighted by atomic mass is 32.4. The molecule has 136 valence electrons. The Morgan fingerprint density at radius 3 is 0.500 bits per heavy atom. The predicted molar refractivity (Wildman–Crippen MR) is 137 cm³/mol. The second-order valence-corrected chi connectivity index (χ2v) is 4.50. The van der Waals surface area contributed by atoms with Gasteiger partial charge in [0, 0.05) is 0 Å². The summed E-state index contributed by atoms with van der Waals surface area (Å²) in [6.45, 7) is 4.00. The van der Waals surface area contributed by atoms with Gasteiger partial charge in [-0.1, -0.05) is 96.1 Å². The molecule has 0 aromatic carbocycles. The molecule has 0 nitrogen and oxygen atoms in total. The molecule has 0 amide bonds. The molecule has 0 aliphatic carbocycles. The SMILES string of the molecule is C.C.C.C.C.C.C.C.C.C.CC.P.PP.PPP.